The van der Waals surface area contributed by atoms with Crippen LogP contribution in [-0.2, 0) is 0 Å². The van der Waals surface area contributed by atoms with Crippen molar-refractivity contribution in [1.29, 1.82) is 0 Å². The Bertz CT molecular complexity index is 656. The van der Waals surface area contributed by atoms with Crippen molar-refractivity contribution in [2.75, 3.05) is 20.2 Å². The van der Waals surface area contributed by atoms with E-state index >= 15 is 0 Å². The molecule has 0 radical (unpaired) electrons. The van der Waals surface area contributed by atoms with Gasteiger partial charge >= 0.3 is 0 Å². The molecule has 2 aromatic rings. The van der Waals surface area contributed by atoms with E-state index in [0.29, 0.717) is 5.96 Å². The summed E-state index contributed by atoms with van der Waals surface area (Å²) in [6.07, 6.45) is -0.659. The zero-order chi connectivity index (χ0) is 18.1. The third kappa shape index (κ3) is 5.80. The summed E-state index contributed by atoms with van der Waals surface area (Å²) in [4.78, 5) is 4.51. The SMILES string of the molecule is CCNC(=NCC(O)c1ccc(OC)cc1)NC(C)c1ccccc1. The Hall–Kier alpha value is -2.53. The number of benzene rings is 2. The lowest BCUT2D eigenvalue weighted by molar-refractivity contribution is 0.187. The molecule has 2 aromatic carbocycles. The Balaban J connectivity index is 2.00. The van der Waals surface area contributed by atoms with Crippen molar-refractivity contribution in [2.24, 2.45) is 4.99 Å². The second kappa shape index (κ2) is 9.69. The maximum atomic E-state index is 10.3. The minimum absolute atomic E-state index is 0.122. The van der Waals surface area contributed by atoms with Gasteiger partial charge in [-0.25, -0.2) is 0 Å². The van der Waals surface area contributed by atoms with E-state index in [1.54, 1.807) is 7.11 Å². The summed E-state index contributed by atoms with van der Waals surface area (Å²) in [6.45, 7) is 5.14. The Morgan fingerprint density at radius 2 is 1.76 bits per heavy atom. The third-order valence-electron chi connectivity index (χ3n) is 3.92. The molecule has 0 bridgehead atoms. The van der Waals surface area contributed by atoms with E-state index in [2.05, 4.69) is 34.7 Å². The van der Waals surface area contributed by atoms with Crippen molar-refractivity contribution in [2.45, 2.75) is 26.0 Å². The number of nitrogens with zero attached hydrogens (tertiary/aromatic N) is 1. The first-order chi connectivity index (χ1) is 12.1. The smallest absolute Gasteiger partial charge is 0.191 e. The molecule has 0 spiro atoms. The molecule has 2 atom stereocenters. The molecular weight excluding hydrogens is 314 g/mol. The van der Waals surface area contributed by atoms with Gasteiger partial charge in [-0.15, -0.1) is 0 Å². The van der Waals surface area contributed by atoms with Gasteiger partial charge in [-0.1, -0.05) is 42.5 Å². The summed E-state index contributed by atoms with van der Waals surface area (Å²) in [7, 11) is 1.62. The Morgan fingerprint density at radius 1 is 1.08 bits per heavy atom. The van der Waals surface area contributed by atoms with E-state index in [-0.39, 0.29) is 12.6 Å². The van der Waals surface area contributed by atoms with Gasteiger partial charge in [0.05, 0.1) is 25.8 Å². The quantitative estimate of drug-likeness (QED) is 0.535. The minimum Gasteiger partial charge on any atom is -0.497 e. The number of aliphatic hydroxyl groups excluding tert-OH is 1. The van der Waals surface area contributed by atoms with Gasteiger partial charge in [0, 0.05) is 6.54 Å². The molecule has 134 valence electrons. The molecule has 0 aliphatic heterocycles. The maximum Gasteiger partial charge on any atom is 0.191 e. The minimum atomic E-state index is -0.659. The molecule has 0 heterocycles. The zero-order valence-electron chi connectivity index (χ0n) is 15.1. The normalized spacial score (nSPS) is 13.8. The van der Waals surface area contributed by atoms with Crippen LogP contribution >= 0.6 is 0 Å². The van der Waals surface area contributed by atoms with Gasteiger partial charge in [0.25, 0.3) is 0 Å². The second-order valence-electron chi connectivity index (χ2n) is 5.79. The number of methoxy groups -OCH3 is 1. The van der Waals surface area contributed by atoms with Crippen molar-refractivity contribution in [1.82, 2.24) is 10.6 Å². The van der Waals surface area contributed by atoms with Crippen molar-refractivity contribution < 1.29 is 9.84 Å². The van der Waals surface area contributed by atoms with Crippen LogP contribution in [0, 0.1) is 0 Å². The highest BCUT2D eigenvalue weighted by Crippen LogP contribution is 2.18. The largest absolute Gasteiger partial charge is 0.497 e. The van der Waals surface area contributed by atoms with E-state index in [0.717, 1.165) is 17.9 Å². The van der Waals surface area contributed by atoms with Crippen molar-refractivity contribution in [3.8, 4) is 5.75 Å². The van der Waals surface area contributed by atoms with Crippen LogP contribution in [0.2, 0.25) is 0 Å². The molecule has 0 saturated heterocycles. The molecule has 0 aliphatic rings. The van der Waals surface area contributed by atoms with Crippen LogP contribution in [0.3, 0.4) is 0 Å². The number of guanidine groups is 1. The second-order valence-corrected chi connectivity index (χ2v) is 5.79. The Labute approximate surface area is 149 Å². The average molecular weight is 341 g/mol. The van der Waals surface area contributed by atoms with Crippen LogP contribution in [0.15, 0.2) is 59.6 Å². The first kappa shape index (κ1) is 18.8. The summed E-state index contributed by atoms with van der Waals surface area (Å²) in [5.41, 5.74) is 2.00. The van der Waals surface area contributed by atoms with Gasteiger partial charge in [0.1, 0.15) is 5.75 Å². The van der Waals surface area contributed by atoms with E-state index in [4.69, 9.17) is 4.74 Å². The lowest BCUT2D eigenvalue weighted by Gasteiger charge is -2.19. The van der Waals surface area contributed by atoms with Gasteiger partial charge in [0.2, 0.25) is 0 Å². The topological polar surface area (TPSA) is 65.9 Å². The molecule has 2 rings (SSSR count). The number of hydrogen-bond donors (Lipinski definition) is 3. The fraction of sp³-hybridized carbons (Fsp3) is 0.350. The van der Waals surface area contributed by atoms with Gasteiger partial charge in [-0.05, 0) is 37.1 Å². The molecule has 0 fully saturated rings. The van der Waals surface area contributed by atoms with E-state index in [1.807, 2.05) is 49.4 Å². The molecule has 0 amide bonds. The molecule has 0 aliphatic carbocycles. The van der Waals surface area contributed by atoms with Gasteiger partial charge in [-0.2, -0.15) is 0 Å². The van der Waals surface area contributed by atoms with Gasteiger partial charge in [-0.3, -0.25) is 4.99 Å². The van der Waals surface area contributed by atoms with Crippen LogP contribution in [0.5, 0.6) is 5.75 Å². The number of aliphatic hydroxyl groups is 1. The van der Waals surface area contributed by atoms with E-state index in [1.165, 1.54) is 5.56 Å². The molecule has 0 aromatic heterocycles. The van der Waals surface area contributed by atoms with E-state index in [9.17, 15) is 5.11 Å². The number of rotatable bonds is 7. The number of hydrogen-bond acceptors (Lipinski definition) is 3. The predicted octanol–water partition coefficient (Wildman–Crippen LogP) is 3.04. The van der Waals surface area contributed by atoms with Gasteiger partial charge in [0.15, 0.2) is 5.96 Å². The first-order valence-electron chi connectivity index (χ1n) is 8.55. The molecule has 3 N–H and O–H groups in total. The van der Waals surface area contributed by atoms with Crippen LogP contribution < -0.4 is 15.4 Å². The number of aliphatic imine (C=N–C) groups is 1. The van der Waals surface area contributed by atoms with Gasteiger partial charge < -0.3 is 20.5 Å². The molecule has 5 nitrogen and oxygen atoms in total. The highest BCUT2D eigenvalue weighted by molar-refractivity contribution is 5.80. The number of ether oxygens (including phenoxy) is 1. The number of nitrogens with one attached hydrogen (secondary N) is 2. The summed E-state index contributed by atoms with van der Waals surface area (Å²) < 4.78 is 5.14. The standard InChI is InChI=1S/C20H27N3O2/c1-4-21-20(23-15(2)16-8-6-5-7-9-16)22-14-19(24)17-10-12-18(25-3)13-11-17/h5-13,15,19,24H,4,14H2,1-3H3,(H2,21,22,23). The monoisotopic (exact) mass is 341 g/mol. The zero-order valence-corrected chi connectivity index (χ0v) is 15.1. The fourth-order valence-electron chi connectivity index (χ4n) is 2.46. The fourth-order valence-corrected chi connectivity index (χ4v) is 2.46. The first-order valence-corrected chi connectivity index (χ1v) is 8.55. The van der Waals surface area contributed by atoms with E-state index < -0.39 is 6.10 Å². The van der Waals surface area contributed by atoms with Crippen LogP contribution in [0.4, 0.5) is 0 Å². The summed E-state index contributed by atoms with van der Waals surface area (Å²) in [5, 5.41) is 16.9. The lowest BCUT2D eigenvalue weighted by atomic mass is 10.1. The highest BCUT2D eigenvalue weighted by Gasteiger charge is 2.10. The maximum absolute atomic E-state index is 10.3. The van der Waals surface area contributed by atoms with Crippen LogP contribution in [0.25, 0.3) is 0 Å². The average Bonchev–Trinajstić information content (AvgIpc) is 2.66. The summed E-state index contributed by atoms with van der Waals surface area (Å²) in [6, 6.07) is 17.7. The highest BCUT2D eigenvalue weighted by atomic mass is 16.5. The Kier molecular flexibility index (Phi) is 7.29. The van der Waals surface area contributed by atoms with Crippen molar-refractivity contribution >= 4 is 5.96 Å². The Morgan fingerprint density at radius 3 is 2.36 bits per heavy atom. The van der Waals surface area contributed by atoms with Crippen molar-refractivity contribution in [3.63, 3.8) is 0 Å². The lowest BCUT2D eigenvalue weighted by Crippen LogP contribution is -2.39. The van der Waals surface area contributed by atoms with Crippen molar-refractivity contribution in [3.05, 3.63) is 65.7 Å². The molecule has 25 heavy (non-hydrogen) atoms. The van der Waals surface area contributed by atoms with Crippen LogP contribution in [0.1, 0.15) is 37.1 Å². The molecule has 5 heteroatoms. The summed E-state index contributed by atoms with van der Waals surface area (Å²) >= 11 is 0. The predicted molar refractivity (Wildman–Crippen MR) is 102 cm³/mol. The summed E-state index contributed by atoms with van der Waals surface area (Å²) in [5.74, 6) is 1.46. The molecular formula is C20H27N3O2. The molecule has 0 saturated carbocycles. The van der Waals surface area contributed by atoms with Crippen LogP contribution in [-0.4, -0.2) is 31.3 Å². The molecule has 2 unspecified atom stereocenters. The third-order valence-corrected chi connectivity index (χ3v) is 3.92.